The number of hydrogen-bond acceptors (Lipinski definition) is 7. The lowest BCUT2D eigenvalue weighted by atomic mass is 10.2. The lowest BCUT2D eigenvalue weighted by Gasteiger charge is -2.33. The third kappa shape index (κ3) is 3.67. The monoisotopic (exact) mass is 495 g/mol. The maximum absolute atomic E-state index is 13.2. The number of benzene rings is 1. The molecular weight excluding hydrogens is 474 g/mol. The molecule has 1 saturated heterocycles. The largest absolute Gasteiger partial charge is 0.427 e. The van der Waals surface area contributed by atoms with Gasteiger partial charge >= 0.3 is 0 Å². The number of carbonyl (C=O) groups excluding carboxylic acids is 1. The minimum Gasteiger partial charge on any atom is -0.427 e. The minimum atomic E-state index is -3.94. The number of sulfonamides is 1. The summed E-state index contributed by atoms with van der Waals surface area (Å²) in [4.78, 5) is 22.5. The molecule has 0 spiro atoms. The van der Waals surface area contributed by atoms with Crippen LogP contribution in [-0.4, -0.2) is 83.1 Å². The fraction of sp³-hybridized carbons (Fsp3) is 0.400. The third-order valence-electron chi connectivity index (χ3n) is 5.94. The summed E-state index contributed by atoms with van der Waals surface area (Å²) in [6, 6.07) is 6.23. The number of nitrogens with zero attached hydrogens (tertiary/aromatic N) is 5. The number of thiazole rings is 1. The number of carbonyl (C=O) groups is 1. The number of piperazine rings is 1. The molecule has 0 unspecified atom stereocenters. The molecule has 3 aromatic rings. The van der Waals surface area contributed by atoms with Crippen LogP contribution in [0.15, 0.2) is 29.3 Å². The van der Waals surface area contributed by atoms with Crippen LogP contribution in [0.25, 0.3) is 10.9 Å². The Kier molecular flexibility index (Phi) is 5.41. The van der Waals surface area contributed by atoms with E-state index in [9.17, 15) is 18.4 Å². The van der Waals surface area contributed by atoms with Gasteiger partial charge in [0.05, 0.1) is 11.2 Å². The molecule has 0 radical (unpaired) electrons. The van der Waals surface area contributed by atoms with Crippen molar-refractivity contribution in [2.45, 2.75) is 18.0 Å². The Labute approximate surface area is 194 Å². The fourth-order valence-electron chi connectivity index (χ4n) is 4.13. The number of aromatic nitrogens is 2. The molecule has 1 aromatic carbocycles. The first-order valence-electron chi connectivity index (χ1n) is 10.2. The van der Waals surface area contributed by atoms with Crippen LogP contribution in [0.3, 0.4) is 0 Å². The number of hydrogen-bond donors (Lipinski definition) is 1. The molecule has 0 saturated carbocycles. The van der Waals surface area contributed by atoms with Crippen molar-refractivity contribution < 1.29 is 18.4 Å². The molecule has 1 fully saturated rings. The van der Waals surface area contributed by atoms with Gasteiger partial charge in [0, 0.05) is 61.0 Å². The highest BCUT2D eigenvalue weighted by Crippen LogP contribution is 2.28. The number of halogens is 1. The molecule has 2 aliphatic heterocycles. The van der Waals surface area contributed by atoms with Crippen molar-refractivity contribution in [1.29, 1.82) is 0 Å². The summed E-state index contributed by atoms with van der Waals surface area (Å²) >= 11 is 7.40. The molecule has 9 nitrogen and oxygen atoms in total. The smallest absolute Gasteiger partial charge is 0.282 e. The quantitative estimate of drug-likeness (QED) is 0.559. The Morgan fingerprint density at radius 1 is 1.16 bits per heavy atom. The molecule has 0 atom stereocenters. The van der Waals surface area contributed by atoms with E-state index < -0.39 is 10.0 Å². The third-order valence-corrected chi connectivity index (χ3v) is 9.11. The first kappa shape index (κ1) is 21.7. The standard InChI is InChI=1S/C20H22ClN5O4S2/c1-23-5-4-15-17(12-23)31-19(22-15)20(27)24-6-8-25(9-7-24)32(29,30)18-10-13-2-3-14(21)11-16(13)26(18)28/h2-3,10-11,28H,4-9,12H2,1H3. The van der Waals surface area contributed by atoms with E-state index in [1.165, 1.54) is 27.8 Å². The maximum Gasteiger partial charge on any atom is 0.282 e. The maximum atomic E-state index is 13.2. The van der Waals surface area contributed by atoms with Crippen molar-refractivity contribution in [3.63, 3.8) is 0 Å². The zero-order chi connectivity index (χ0) is 22.6. The molecule has 5 rings (SSSR count). The van der Waals surface area contributed by atoms with E-state index in [-0.39, 0.29) is 37.1 Å². The van der Waals surface area contributed by atoms with Gasteiger partial charge in [0.1, 0.15) is 0 Å². The van der Waals surface area contributed by atoms with Crippen LogP contribution in [0, 0.1) is 0 Å². The van der Waals surface area contributed by atoms with Gasteiger partial charge in [-0.25, -0.2) is 13.4 Å². The predicted molar refractivity (Wildman–Crippen MR) is 121 cm³/mol. The molecular formula is C20H22ClN5O4S2. The van der Waals surface area contributed by atoms with Gasteiger partial charge in [0.2, 0.25) is 0 Å². The first-order valence-corrected chi connectivity index (χ1v) is 12.8. The van der Waals surface area contributed by atoms with E-state index in [0.717, 1.165) is 30.1 Å². The van der Waals surface area contributed by atoms with Crippen molar-refractivity contribution >= 4 is 49.8 Å². The van der Waals surface area contributed by atoms with E-state index in [2.05, 4.69) is 9.88 Å². The Balaban J connectivity index is 1.31. The summed E-state index contributed by atoms with van der Waals surface area (Å²) in [5, 5.41) is 11.7. The summed E-state index contributed by atoms with van der Waals surface area (Å²) in [7, 11) is -1.90. The van der Waals surface area contributed by atoms with Gasteiger partial charge in [-0.15, -0.1) is 11.3 Å². The molecule has 0 bridgehead atoms. The zero-order valence-electron chi connectivity index (χ0n) is 17.4. The van der Waals surface area contributed by atoms with E-state index in [0.29, 0.717) is 25.7 Å². The molecule has 170 valence electrons. The Hall–Kier alpha value is -2.18. The molecule has 4 heterocycles. The molecule has 1 N–H and O–H groups in total. The van der Waals surface area contributed by atoms with Crippen molar-refractivity contribution in [2.24, 2.45) is 0 Å². The van der Waals surface area contributed by atoms with E-state index >= 15 is 0 Å². The van der Waals surface area contributed by atoms with E-state index in [1.54, 1.807) is 17.0 Å². The van der Waals surface area contributed by atoms with Crippen LogP contribution < -0.4 is 0 Å². The van der Waals surface area contributed by atoms with Gasteiger partial charge in [-0.1, -0.05) is 17.7 Å². The first-order chi connectivity index (χ1) is 15.2. The highest BCUT2D eigenvalue weighted by atomic mass is 35.5. The van der Waals surface area contributed by atoms with E-state index in [1.807, 2.05) is 7.05 Å². The van der Waals surface area contributed by atoms with Crippen LogP contribution in [0.1, 0.15) is 20.4 Å². The molecule has 2 aromatic heterocycles. The van der Waals surface area contributed by atoms with Crippen molar-refractivity contribution in [3.8, 4) is 0 Å². The van der Waals surface area contributed by atoms with Crippen LogP contribution in [0.5, 0.6) is 0 Å². The molecule has 32 heavy (non-hydrogen) atoms. The Morgan fingerprint density at radius 3 is 2.66 bits per heavy atom. The average Bonchev–Trinajstić information content (AvgIpc) is 3.34. The lowest BCUT2D eigenvalue weighted by Crippen LogP contribution is -2.50. The van der Waals surface area contributed by atoms with Gasteiger partial charge in [0.25, 0.3) is 15.9 Å². The van der Waals surface area contributed by atoms with Gasteiger partial charge in [-0.05, 0) is 25.2 Å². The second kappa shape index (κ2) is 7.99. The molecule has 2 aliphatic rings. The number of fused-ring (bicyclic) bond motifs is 2. The Bertz CT molecular complexity index is 1310. The normalized spacial score (nSPS) is 18.2. The number of likely N-dealkylation sites (N-methyl/N-ethyl adjacent to an activating group) is 1. The van der Waals surface area contributed by atoms with Gasteiger partial charge in [-0.2, -0.15) is 9.04 Å². The Morgan fingerprint density at radius 2 is 1.91 bits per heavy atom. The van der Waals surface area contributed by atoms with Gasteiger partial charge in [-0.3, -0.25) is 4.79 Å². The summed E-state index contributed by atoms with van der Waals surface area (Å²) in [6.45, 7) is 2.54. The number of rotatable bonds is 3. The van der Waals surface area contributed by atoms with Crippen molar-refractivity contribution in [3.05, 3.63) is 44.9 Å². The highest BCUT2D eigenvalue weighted by molar-refractivity contribution is 7.89. The highest BCUT2D eigenvalue weighted by Gasteiger charge is 2.34. The SMILES string of the molecule is CN1CCc2nc(C(=O)N3CCN(S(=O)(=O)c4cc5ccc(Cl)cc5n4O)CC3)sc2C1. The van der Waals surface area contributed by atoms with Crippen molar-refractivity contribution in [1.82, 2.24) is 23.8 Å². The lowest BCUT2D eigenvalue weighted by molar-refractivity contribution is 0.0695. The van der Waals surface area contributed by atoms with Gasteiger partial charge < -0.3 is 15.0 Å². The second-order valence-corrected chi connectivity index (χ2v) is 11.5. The molecule has 1 amide bonds. The van der Waals surface area contributed by atoms with Crippen LogP contribution in [0.2, 0.25) is 5.02 Å². The van der Waals surface area contributed by atoms with Crippen LogP contribution >= 0.6 is 22.9 Å². The summed E-state index contributed by atoms with van der Waals surface area (Å²) < 4.78 is 28.3. The second-order valence-electron chi connectivity index (χ2n) is 8.07. The van der Waals surface area contributed by atoms with E-state index in [4.69, 9.17) is 11.6 Å². The minimum absolute atomic E-state index is 0.143. The summed E-state index contributed by atoms with van der Waals surface area (Å²) in [6.07, 6.45) is 0.835. The van der Waals surface area contributed by atoms with Crippen LogP contribution in [0.4, 0.5) is 0 Å². The predicted octanol–water partition coefficient (Wildman–Crippen LogP) is 2.12. The zero-order valence-corrected chi connectivity index (χ0v) is 19.8. The number of amides is 1. The summed E-state index contributed by atoms with van der Waals surface area (Å²) in [5.74, 6) is -0.157. The topological polar surface area (TPSA) is 99.0 Å². The van der Waals surface area contributed by atoms with Gasteiger partial charge in [0.15, 0.2) is 10.0 Å². The average molecular weight is 496 g/mol. The molecule has 12 heteroatoms. The summed E-state index contributed by atoms with van der Waals surface area (Å²) in [5.41, 5.74) is 1.32. The molecule has 0 aliphatic carbocycles. The van der Waals surface area contributed by atoms with Crippen LogP contribution in [-0.2, 0) is 23.0 Å². The van der Waals surface area contributed by atoms with Crippen molar-refractivity contribution in [2.75, 3.05) is 39.8 Å². The fourth-order valence-corrected chi connectivity index (χ4v) is 6.96.